The van der Waals surface area contributed by atoms with E-state index in [1.807, 2.05) is 0 Å². The molecule has 0 atom stereocenters. The van der Waals surface area contributed by atoms with Crippen LogP contribution in [0.2, 0.25) is 5.02 Å². The molecule has 3 N–H and O–H groups in total. The molecule has 2 amide bonds. The molecule has 0 spiro atoms. The highest BCUT2D eigenvalue weighted by Crippen LogP contribution is 2.31. The van der Waals surface area contributed by atoms with Crippen LogP contribution in [0, 0.1) is 5.82 Å². The highest BCUT2D eigenvalue weighted by molar-refractivity contribution is 7.91. The van der Waals surface area contributed by atoms with Crippen LogP contribution in [0.15, 0.2) is 67.0 Å². The topological polar surface area (TPSA) is 139 Å². The van der Waals surface area contributed by atoms with E-state index in [0.29, 0.717) is 50.9 Å². The molecule has 3 aromatic carbocycles. The van der Waals surface area contributed by atoms with Gasteiger partial charge in [-0.15, -0.1) is 0 Å². The van der Waals surface area contributed by atoms with Gasteiger partial charge in [0, 0.05) is 36.0 Å². The van der Waals surface area contributed by atoms with E-state index < -0.39 is 21.5 Å². The predicted molar refractivity (Wildman–Crippen MR) is 156 cm³/mol. The zero-order chi connectivity index (χ0) is 29.4. The van der Waals surface area contributed by atoms with Crippen molar-refractivity contribution in [2.75, 3.05) is 29.2 Å². The average Bonchev–Trinajstić information content (AvgIpc) is 2.90. The lowest BCUT2D eigenvalue weighted by molar-refractivity contribution is -0.119. The highest BCUT2D eigenvalue weighted by atomic mass is 35.5. The van der Waals surface area contributed by atoms with Gasteiger partial charge < -0.3 is 20.7 Å². The van der Waals surface area contributed by atoms with Gasteiger partial charge in [-0.3, -0.25) is 9.59 Å². The number of nitrogens with one attached hydrogen (secondary N) is 3. The van der Waals surface area contributed by atoms with Gasteiger partial charge in [0.05, 0.1) is 10.5 Å². The quantitative estimate of drug-likeness (QED) is 0.200. The maximum atomic E-state index is 13.4. The molecule has 0 bridgehead atoms. The van der Waals surface area contributed by atoms with Gasteiger partial charge in [0.1, 0.15) is 36.1 Å². The van der Waals surface area contributed by atoms with Crippen molar-refractivity contribution in [1.82, 2.24) is 15.3 Å². The predicted octanol–water partition coefficient (Wildman–Crippen LogP) is 4.62. The zero-order valence-electron chi connectivity index (χ0n) is 22.0. The molecule has 0 aliphatic rings. The first-order chi connectivity index (χ1) is 19.6. The normalized spacial score (nSPS) is 11.2. The molecule has 41 heavy (non-hydrogen) atoms. The summed E-state index contributed by atoms with van der Waals surface area (Å²) < 4.78 is 41.4. The van der Waals surface area contributed by atoms with Gasteiger partial charge in [-0.05, 0) is 60.5 Å². The number of fused-ring (bicyclic) bond motifs is 1. The Hall–Kier alpha value is -4.29. The van der Waals surface area contributed by atoms with Crippen molar-refractivity contribution in [2.24, 2.45) is 0 Å². The van der Waals surface area contributed by atoms with E-state index in [4.69, 9.17) is 16.3 Å². The third-order valence-electron chi connectivity index (χ3n) is 5.69. The fourth-order valence-electron chi connectivity index (χ4n) is 3.84. The third kappa shape index (κ3) is 9.12. The van der Waals surface area contributed by atoms with E-state index in [-0.39, 0.29) is 31.3 Å². The van der Waals surface area contributed by atoms with Crippen LogP contribution in [-0.4, -0.2) is 48.8 Å². The van der Waals surface area contributed by atoms with Gasteiger partial charge in [0.25, 0.3) is 0 Å². The standard InChI is InChI=1S/C28H27ClFN5O5S/c1-41(38,39)16-27(37)31-11-3-6-26(36)34-20-7-9-24-22(13-20)28(33-17-32-24)35-21-8-10-25(23(29)14-21)40-15-18-4-2-5-19(30)12-18/h2,4-5,7-10,12-14,17H,3,6,11,15-16H2,1H3,(H,31,37)(H,34,36)(H,32,33,35). The molecule has 1 heterocycles. The van der Waals surface area contributed by atoms with Gasteiger partial charge >= 0.3 is 0 Å². The van der Waals surface area contributed by atoms with Gasteiger partial charge in [0.15, 0.2) is 9.84 Å². The number of carbonyl (C=O) groups is 2. The van der Waals surface area contributed by atoms with Crippen LogP contribution in [-0.2, 0) is 26.0 Å². The van der Waals surface area contributed by atoms with Crippen LogP contribution in [0.1, 0.15) is 18.4 Å². The molecular weight excluding hydrogens is 573 g/mol. The number of aromatic nitrogens is 2. The average molecular weight is 600 g/mol. The van der Waals surface area contributed by atoms with Crippen LogP contribution in [0.5, 0.6) is 5.75 Å². The summed E-state index contributed by atoms with van der Waals surface area (Å²) in [7, 11) is -3.41. The van der Waals surface area contributed by atoms with Crippen molar-refractivity contribution in [3.63, 3.8) is 0 Å². The maximum Gasteiger partial charge on any atom is 0.235 e. The summed E-state index contributed by atoms with van der Waals surface area (Å²) in [5, 5.41) is 9.50. The van der Waals surface area contributed by atoms with Crippen LogP contribution in [0.3, 0.4) is 0 Å². The molecule has 0 unspecified atom stereocenters. The number of carbonyl (C=O) groups excluding carboxylic acids is 2. The Balaban J connectivity index is 1.36. The molecule has 1 aromatic heterocycles. The first-order valence-corrected chi connectivity index (χ1v) is 14.9. The van der Waals surface area contributed by atoms with E-state index in [2.05, 4.69) is 25.9 Å². The lowest BCUT2D eigenvalue weighted by atomic mass is 10.2. The minimum absolute atomic E-state index is 0.125. The maximum absolute atomic E-state index is 13.4. The largest absolute Gasteiger partial charge is 0.487 e. The number of ether oxygens (including phenoxy) is 1. The summed E-state index contributed by atoms with van der Waals surface area (Å²) >= 11 is 6.42. The summed E-state index contributed by atoms with van der Waals surface area (Å²) in [5.41, 5.74) is 2.49. The fraction of sp³-hybridized carbons (Fsp3) is 0.214. The zero-order valence-corrected chi connectivity index (χ0v) is 23.6. The number of hydrogen-bond acceptors (Lipinski definition) is 8. The van der Waals surface area contributed by atoms with Crippen LogP contribution >= 0.6 is 11.6 Å². The molecule has 214 valence electrons. The van der Waals surface area contributed by atoms with Crippen molar-refractivity contribution in [1.29, 1.82) is 0 Å². The second kappa shape index (κ2) is 13.4. The lowest BCUT2D eigenvalue weighted by Crippen LogP contribution is -2.31. The smallest absolute Gasteiger partial charge is 0.235 e. The minimum Gasteiger partial charge on any atom is -0.487 e. The van der Waals surface area contributed by atoms with Crippen molar-refractivity contribution < 1.29 is 27.1 Å². The van der Waals surface area contributed by atoms with Gasteiger partial charge in [0.2, 0.25) is 11.8 Å². The number of benzene rings is 3. The molecule has 4 rings (SSSR count). The minimum atomic E-state index is -3.41. The van der Waals surface area contributed by atoms with Gasteiger partial charge in [-0.25, -0.2) is 22.8 Å². The fourth-order valence-corrected chi connectivity index (χ4v) is 4.66. The number of rotatable bonds is 12. The molecule has 10 nitrogen and oxygen atoms in total. The number of amides is 2. The number of nitrogens with zero attached hydrogens (tertiary/aromatic N) is 2. The van der Waals surface area contributed by atoms with Crippen molar-refractivity contribution in [3.8, 4) is 5.75 Å². The van der Waals surface area contributed by atoms with E-state index in [1.54, 1.807) is 48.5 Å². The summed E-state index contributed by atoms with van der Waals surface area (Å²) in [6.45, 7) is 0.339. The van der Waals surface area contributed by atoms with Crippen molar-refractivity contribution in [2.45, 2.75) is 19.4 Å². The molecule has 0 radical (unpaired) electrons. The Morgan fingerprint density at radius 1 is 1.00 bits per heavy atom. The Morgan fingerprint density at radius 2 is 1.80 bits per heavy atom. The molecule has 13 heteroatoms. The molecule has 0 aliphatic carbocycles. The van der Waals surface area contributed by atoms with E-state index in [0.717, 1.165) is 6.26 Å². The molecular formula is C28H27ClFN5O5S. The second-order valence-corrected chi connectivity index (χ2v) is 11.8. The van der Waals surface area contributed by atoms with E-state index in [9.17, 15) is 22.4 Å². The number of hydrogen-bond donors (Lipinski definition) is 3. The summed E-state index contributed by atoms with van der Waals surface area (Å²) in [6, 6.07) is 16.5. The SMILES string of the molecule is CS(=O)(=O)CC(=O)NCCCC(=O)Nc1ccc2ncnc(Nc3ccc(OCc4cccc(F)c4)c(Cl)c3)c2c1. The van der Waals surface area contributed by atoms with Crippen LogP contribution in [0.4, 0.5) is 21.6 Å². The first kappa shape index (κ1) is 29.7. The summed E-state index contributed by atoms with van der Waals surface area (Å²) in [4.78, 5) is 32.6. The first-order valence-electron chi connectivity index (χ1n) is 12.5. The van der Waals surface area contributed by atoms with Crippen molar-refractivity contribution in [3.05, 3.63) is 83.4 Å². The van der Waals surface area contributed by atoms with Crippen LogP contribution < -0.4 is 20.7 Å². The molecule has 0 saturated carbocycles. The Morgan fingerprint density at radius 3 is 2.56 bits per heavy atom. The Bertz CT molecular complexity index is 1690. The monoisotopic (exact) mass is 599 g/mol. The Labute approximate surface area is 241 Å². The number of sulfone groups is 1. The van der Waals surface area contributed by atoms with Crippen molar-refractivity contribution >= 4 is 61.3 Å². The third-order valence-corrected chi connectivity index (χ3v) is 6.78. The molecule has 0 fully saturated rings. The Kier molecular flexibility index (Phi) is 9.69. The number of halogens is 2. The van der Waals surface area contributed by atoms with Gasteiger partial charge in [-0.2, -0.15) is 0 Å². The summed E-state index contributed by atoms with van der Waals surface area (Å²) in [5.74, 6) is -0.873. The number of anilines is 3. The second-order valence-electron chi connectivity index (χ2n) is 9.21. The van der Waals surface area contributed by atoms with Gasteiger partial charge in [-0.1, -0.05) is 23.7 Å². The molecule has 0 saturated heterocycles. The lowest BCUT2D eigenvalue weighted by Gasteiger charge is -2.13. The van der Waals surface area contributed by atoms with Crippen LogP contribution in [0.25, 0.3) is 10.9 Å². The van der Waals surface area contributed by atoms with E-state index >= 15 is 0 Å². The summed E-state index contributed by atoms with van der Waals surface area (Å²) in [6.07, 6.45) is 2.86. The molecule has 4 aromatic rings. The van der Waals surface area contributed by atoms with E-state index in [1.165, 1.54) is 18.5 Å². The highest BCUT2D eigenvalue weighted by Gasteiger charge is 2.12. The molecule has 0 aliphatic heterocycles.